The van der Waals surface area contributed by atoms with E-state index in [-0.39, 0.29) is 6.10 Å². The molecule has 1 aliphatic rings. The van der Waals surface area contributed by atoms with Gasteiger partial charge in [-0.2, -0.15) is 0 Å². The Morgan fingerprint density at radius 2 is 2.32 bits per heavy atom. The summed E-state index contributed by atoms with van der Waals surface area (Å²) in [5, 5.41) is 13.6. The second-order valence-corrected chi connectivity index (χ2v) is 5.79. The first-order chi connectivity index (χ1) is 9.20. The van der Waals surface area contributed by atoms with Gasteiger partial charge in [0.25, 0.3) is 0 Å². The lowest BCUT2D eigenvalue weighted by atomic mass is 10.1. The molecule has 0 spiro atoms. The highest BCUT2D eigenvalue weighted by Gasteiger charge is 2.21. The van der Waals surface area contributed by atoms with E-state index in [2.05, 4.69) is 26.0 Å². The summed E-state index contributed by atoms with van der Waals surface area (Å²) in [7, 11) is 0. The Kier molecular flexibility index (Phi) is 3.68. The largest absolute Gasteiger partial charge is 0.392 e. The number of nitrogens with zero attached hydrogens (tertiary/aromatic N) is 2. The van der Waals surface area contributed by atoms with E-state index in [9.17, 15) is 5.11 Å². The van der Waals surface area contributed by atoms with Crippen molar-refractivity contribution in [3.63, 3.8) is 0 Å². The molecule has 1 unspecified atom stereocenters. The Balaban J connectivity index is 1.73. The summed E-state index contributed by atoms with van der Waals surface area (Å²) in [5.41, 5.74) is 1.92. The summed E-state index contributed by atoms with van der Waals surface area (Å²) < 4.78 is 6.40. The number of aliphatic hydroxyl groups excluding tert-OH is 1. The average Bonchev–Trinajstić information content (AvgIpc) is 2.99. The van der Waals surface area contributed by atoms with Gasteiger partial charge in [-0.25, -0.2) is 0 Å². The lowest BCUT2D eigenvalue weighted by Crippen LogP contribution is -2.21. The van der Waals surface area contributed by atoms with Crippen LogP contribution in [-0.2, 0) is 6.54 Å². The number of halogens is 1. The maximum absolute atomic E-state index is 9.50. The normalized spacial score (nSPS) is 20.0. The number of hydrogen-bond donors (Lipinski definition) is 1. The molecule has 1 aromatic carbocycles. The summed E-state index contributed by atoms with van der Waals surface area (Å²) in [6.45, 7) is 2.37. The molecular weight excluding hydrogens is 308 g/mol. The van der Waals surface area contributed by atoms with Crippen molar-refractivity contribution in [2.75, 3.05) is 13.1 Å². The van der Waals surface area contributed by atoms with Gasteiger partial charge >= 0.3 is 0 Å². The minimum absolute atomic E-state index is 0.198. The highest BCUT2D eigenvalue weighted by Crippen LogP contribution is 2.24. The maximum atomic E-state index is 9.50. The van der Waals surface area contributed by atoms with Gasteiger partial charge in [-0.1, -0.05) is 33.2 Å². The zero-order valence-corrected chi connectivity index (χ0v) is 12.0. The molecule has 2 aromatic rings. The Bertz CT molecular complexity index is 570. The molecular formula is C14H15BrN2O2. The van der Waals surface area contributed by atoms with Gasteiger partial charge in [0.05, 0.1) is 11.8 Å². The number of hydrogen-bond acceptors (Lipinski definition) is 4. The smallest absolute Gasteiger partial charge is 0.167 e. The van der Waals surface area contributed by atoms with Crippen molar-refractivity contribution in [2.45, 2.75) is 19.1 Å². The molecule has 1 saturated heterocycles. The van der Waals surface area contributed by atoms with Crippen LogP contribution in [0.2, 0.25) is 0 Å². The standard InChI is InChI=1S/C14H15BrN2O2/c15-11-3-1-2-10(6-11)14-7-12(16-19-14)8-17-5-4-13(18)9-17/h1-3,6-7,13,18H,4-5,8-9H2. The predicted molar refractivity (Wildman–Crippen MR) is 75.5 cm³/mol. The van der Waals surface area contributed by atoms with Crippen LogP contribution in [0.4, 0.5) is 0 Å². The summed E-state index contributed by atoms with van der Waals surface area (Å²) in [5.74, 6) is 0.774. The van der Waals surface area contributed by atoms with E-state index in [1.54, 1.807) is 0 Å². The fraction of sp³-hybridized carbons (Fsp3) is 0.357. The Morgan fingerprint density at radius 1 is 1.42 bits per heavy atom. The van der Waals surface area contributed by atoms with E-state index < -0.39 is 0 Å². The Hall–Kier alpha value is -1.17. The van der Waals surface area contributed by atoms with Gasteiger partial charge in [0.1, 0.15) is 0 Å². The van der Waals surface area contributed by atoms with E-state index in [0.717, 1.165) is 47.5 Å². The van der Waals surface area contributed by atoms with E-state index >= 15 is 0 Å². The van der Waals surface area contributed by atoms with Gasteiger partial charge in [-0.3, -0.25) is 4.90 Å². The quantitative estimate of drug-likeness (QED) is 0.943. The second-order valence-electron chi connectivity index (χ2n) is 4.87. The molecule has 1 N–H and O–H groups in total. The summed E-state index contributed by atoms with van der Waals surface area (Å²) in [6.07, 6.45) is 0.646. The van der Waals surface area contributed by atoms with Gasteiger partial charge in [0, 0.05) is 35.7 Å². The molecule has 19 heavy (non-hydrogen) atoms. The molecule has 2 heterocycles. The molecule has 0 radical (unpaired) electrons. The van der Waals surface area contributed by atoms with E-state index in [1.165, 1.54) is 0 Å². The van der Waals surface area contributed by atoms with E-state index in [1.807, 2.05) is 30.3 Å². The molecule has 0 bridgehead atoms. The molecule has 5 heteroatoms. The lowest BCUT2D eigenvalue weighted by Gasteiger charge is -2.11. The molecule has 1 atom stereocenters. The van der Waals surface area contributed by atoms with Crippen LogP contribution in [0, 0.1) is 0 Å². The maximum Gasteiger partial charge on any atom is 0.167 e. The number of benzene rings is 1. The van der Waals surface area contributed by atoms with Crippen LogP contribution >= 0.6 is 15.9 Å². The molecule has 0 saturated carbocycles. The van der Waals surface area contributed by atoms with Gasteiger partial charge in [0.15, 0.2) is 5.76 Å². The van der Waals surface area contributed by atoms with Crippen LogP contribution in [0.3, 0.4) is 0 Å². The number of likely N-dealkylation sites (tertiary alicyclic amines) is 1. The summed E-state index contributed by atoms with van der Waals surface area (Å²) >= 11 is 3.45. The van der Waals surface area contributed by atoms with Crippen molar-refractivity contribution >= 4 is 15.9 Å². The van der Waals surface area contributed by atoms with Crippen molar-refractivity contribution in [3.8, 4) is 11.3 Å². The number of β-amino-alcohol motifs (C(OH)–C–C–N with tert-alkyl or cyclic N) is 1. The minimum atomic E-state index is -0.198. The van der Waals surface area contributed by atoms with Crippen molar-refractivity contribution in [3.05, 3.63) is 40.5 Å². The fourth-order valence-corrected chi connectivity index (χ4v) is 2.75. The van der Waals surface area contributed by atoms with Gasteiger partial charge in [0.2, 0.25) is 0 Å². The molecule has 1 aliphatic heterocycles. The van der Waals surface area contributed by atoms with Crippen LogP contribution in [0.5, 0.6) is 0 Å². The van der Waals surface area contributed by atoms with E-state index in [0.29, 0.717) is 0 Å². The molecule has 3 rings (SSSR count). The number of rotatable bonds is 3. The van der Waals surface area contributed by atoms with Crippen LogP contribution in [-0.4, -0.2) is 34.4 Å². The van der Waals surface area contributed by atoms with Crippen molar-refractivity contribution < 1.29 is 9.63 Å². The predicted octanol–water partition coefficient (Wildman–Crippen LogP) is 2.67. The highest BCUT2D eigenvalue weighted by atomic mass is 79.9. The van der Waals surface area contributed by atoms with Crippen LogP contribution in [0.1, 0.15) is 12.1 Å². The Labute approximate surface area is 120 Å². The van der Waals surface area contributed by atoms with E-state index in [4.69, 9.17) is 4.52 Å². The van der Waals surface area contributed by atoms with Crippen LogP contribution in [0.25, 0.3) is 11.3 Å². The first-order valence-electron chi connectivity index (χ1n) is 6.32. The molecule has 100 valence electrons. The molecule has 1 fully saturated rings. The third-order valence-corrected chi connectivity index (χ3v) is 3.79. The summed E-state index contributed by atoms with van der Waals surface area (Å²) in [4.78, 5) is 2.19. The monoisotopic (exact) mass is 322 g/mol. The fourth-order valence-electron chi connectivity index (χ4n) is 2.35. The average molecular weight is 323 g/mol. The number of aromatic nitrogens is 1. The SMILES string of the molecule is OC1CCN(Cc2cc(-c3cccc(Br)c3)on2)C1. The first kappa shape index (κ1) is 12.8. The van der Waals surface area contributed by atoms with Gasteiger partial charge < -0.3 is 9.63 Å². The third kappa shape index (κ3) is 3.05. The summed E-state index contributed by atoms with van der Waals surface area (Å²) in [6, 6.07) is 9.91. The van der Waals surface area contributed by atoms with Crippen molar-refractivity contribution in [2.24, 2.45) is 0 Å². The lowest BCUT2D eigenvalue weighted by molar-refractivity contribution is 0.174. The molecule has 0 aliphatic carbocycles. The van der Waals surface area contributed by atoms with Crippen molar-refractivity contribution in [1.29, 1.82) is 0 Å². The second kappa shape index (κ2) is 5.45. The zero-order chi connectivity index (χ0) is 13.2. The Morgan fingerprint density at radius 3 is 3.05 bits per heavy atom. The third-order valence-electron chi connectivity index (χ3n) is 3.30. The van der Waals surface area contributed by atoms with Crippen LogP contribution in [0.15, 0.2) is 39.3 Å². The topological polar surface area (TPSA) is 49.5 Å². The van der Waals surface area contributed by atoms with Crippen LogP contribution < -0.4 is 0 Å². The minimum Gasteiger partial charge on any atom is -0.392 e. The van der Waals surface area contributed by atoms with Gasteiger partial charge in [-0.15, -0.1) is 0 Å². The first-order valence-corrected chi connectivity index (χ1v) is 7.12. The molecule has 4 nitrogen and oxygen atoms in total. The molecule has 0 amide bonds. The highest BCUT2D eigenvalue weighted by molar-refractivity contribution is 9.10. The van der Waals surface area contributed by atoms with Gasteiger partial charge in [-0.05, 0) is 18.6 Å². The zero-order valence-electron chi connectivity index (χ0n) is 10.4. The number of aliphatic hydroxyl groups is 1. The van der Waals surface area contributed by atoms with Crippen molar-refractivity contribution in [1.82, 2.24) is 10.1 Å². The molecule has 1 aromatic heterocycles.